The van der Waals surface area contributed by atoms with Gasteiger partial charge in [-0.3, -0.25) is 4.79 Å². The SMILES string of the molecule is COc1ccccc1OCc1nc2cccnc2n1C1CCN(C(=O)Cc2csc(C)n2)CC1. The molecule has 0 spiro atoms. The number of hydrogen-bond acceptors (Lipinski definition) is 7. The summed E-state index contributed by atoms with van der Waals surface area (Å²) in [6.07, 6.45) is 3.83. The summed E-state index contributed by atoms with van der Waals surface area (Å²) < 4.78 is 13.7. The van der Waals surface area contributed by atoms with E-state index in [-0.39, 0.29) is 11.9 Å². The van der Waals surface area contributed by atoms with Crippen LogP contribution in [0.4, 0.5) is 0 Å². The molecule has 4 aromatic rings. The van der Waals surface area contributed by atoms with E-state index in [2.05, 4.69) is 14.5 Å². The van der Waals surface area contributed by atoms with Gasteiger partial charge in [0.15, 0.2) is 17.1 Å². The van der Waals surface area contributed by atoms with Gasteiger partial charge in [0.2, 0.25) is 5.91 Å². The van der Waals surface area contributed by atoms with Crippen LogP contribution < -0.4 is 9.47 Å². The second-order valence-corrected chi connectivity index (χ2v) is 9.39. The van der Waals surface area contributed by atoms with Crippen molar-refractivity contribution in [2.24, 2.45) is 0 Å². The first-order valence-corrected chi connectivity index (χ1v) is 12.3. The molecule has 34 heavy (non-hydrogen) atoms. The van der Waals surface area contributed by atoms with Crippen molar-refractivity contribution in [3.8, 4) is 11.5 Å². The number of aryl methyl sites for hydroxylation is 1. The minimum atomic E-state index is 0.136. The predicted octanol–water partition coefficient (Wildman–Crippen LogP) is 4.19. The van der Waals surface area contributed by atoms with Gasteiger partial charge in [-0.05, 0) is 44.0 Å². The fraction of sp³-hybridized carbons (Fsp3) is 0.360. The molecule has 0 unspecified atom stereocenters. The number of ether oxygens (including phenoxy) is 2. The molecule has 0 aliphatic carbocycles. The Morgan fingerprint density at radius 1 is 1.12 bits per heavy atom. The molecule has 176 valence electrons. The number of benzene rings is 1. The molecule has 1 aliphatic rings. The summed E-state index contributed by atoms with van der Waals surface area (Å²) >= 11 is 1.58. The number of methoxy groups -OCH3 is 1. The third-order valence-corrected chi connectivity index (χ3v) is 6.95. The summed E-state index contributed by atoms with van der Waals surface area (Å²) in [5.74, 6) is 2.32. The number of hydrogen-bond donors (Lipinski definition) is 0. The predicted molar refractivity (Wildman–Crippen MR) is 130 cm³/mol. The van der Waals surface area contributed by atoms with Gasteiger partial charge in [0, 0.05) is 30.7 Å². The Hall–Kier alpha value is -3.46. The number of likely N-dealkylation sites (tertiary alicyclic amines) is 1. The second-order valence-electron chi connectivity index (χ2n) is 8.33. The smallest absolute Gasteiger partial charge is 0.228 e. The molecule has 0 bridgehead atoms. The first-order chi connectivity index (χ1) is 16.6. The van der Waals surface area contributed by atoms with Crippen molar-refractivity contribution in [2.75, 3.05) is 20.2 Å². The maximum atomic E-state index is 12.8. The van der Waals surface area contributed by atoms with Crippen LogP contribution in [-0.4, -0.2) is 50.5 Å². The molecule has 1 aliphatic heterocycles. The highest BCUT2D eigenvalue weighted by Gasteiger charge is 2.27. The molecule has 0 saturated carbocycles. The highest BCUT2D eigenvalue weighted by atomic mass is 32.1. The molecule has 1 aromatic carbocycles. The Morgan fingerprint density at radius 3 is 2.65 bits per heavy atom. The van der Waals surface area contributed by atoms with Gasteiger partial charge in [-0.25, -0.2) is 15.0 Å². The average Bonchev–Trinajstić information content (AvgIpc) is 3.45. The molecule has 0 atom stereocenters. The minimum absolute atomic E-state index is 0.136. The molecule has 1 saturated heterocycles. The summed E-state index contributed by atoms with van der Waals surface area (Å²) in [5.41, 5.74) is 2.55. The largest absolute Gasteiger partial charge is 0.493 e. The molecule has 5 rings (SSSR count). The molecule has 1 amide bonds. The lowest BCUT2D eigenvalue weighted by atomic mass is 10.0. The number of amides is 1. The Balaban J connectivity index is 1.32. The van der Waals surface area contributed by atoms with Gasteiger partial charge in [0.1, 0.15) is 17.9 Å². The maximum absolute atomic E-state index is 12.8. The van der Waals surface area contributed by atoms with E-state index >= 15 is 0 Å². The van der Waals surface area contributed by atoms with E-state index in [1.165, 1.54) is 0 Å². The molecule has 4 heterocycles. The van der Waals surface area contributed by atoms with Crippen LogP contribution in [0, 0.1) is 6.92 Å². The van der Waals surface area contributed by atoms with Gasteiger partial charge in [0.25, 0.3) is 0 Å². The second kappa shape index (κ2) is 9.80. The standard InChI is InChI=1S/C25H27N5O3S/c1-17-27-18(16-34-17)14-24(31)29-12-9-19(10-13-29)30-23(28-20-6-5-11-26-25(20)30)15-33-22-8-4-3-7-21(22)32-2/h3-8,11,16,19H,9-10,12-15H2,1-2H3. The van der Waals surface area contributed by atoms with Crippen molar-refractivity contribution < 1.29 is 14.3 Å². The normalized spacial score (nSPS) is 14.5. The molecule has 0 N–H and O–H groups in total. The number of rotatable bonds is 7. The molecule has 3 aromatic heterocycles. The number of piperidine rings is 1. The van der Waals surface area contributed by atoms with Crippen molar-refractivity contribution in [1.29, 1.82) is 0 Å². The Bertz CT molecular complexity index is 1290. The van der Waals surface area contributed by atoms with Gasteiger partial charge in [0.05, 0.1) is 24.2 Å². The zero-order valence-electron chi connectivity index (χ0n) is 19.3. The van der Waals surface area contributed by atoms with Gasteiger partial charge < -0.3 is 18.9 Å². The van der Waals surface area contributed by atoms with E-state index < -0.39 is 0 Å². The zero-order valence-corrected chi connectivity index (χ0v) is 20.1. The lowest BCUT2D eigenvalue weighted by Gasteiger charge is -2.33. The molecular weight excluding hydrogens is 450 g/mol. The van der Waals surface area contributed by atoms with Gasteiger partial charge in [-0.2, -0.15) is 0 Å². The highest BCUT2D eigenvalue weighted by molar-refractivity contribution is 7.09. The molecule has 1 fully saturated rings. The topological polar surface area (TPSA) is 82.4 Å². The van der Waals surface area contributed by atoms with Crippen molar-refractivity contribution in [3.05, 3.63) is 64.5 Å². The quantitative estimate of drug-likeness (QED) is 0.397. The Morgan fingerprint density at radius 2 is 1.91 bits per heavy atom. The lowest BCUT2D eigenvalue weighted by molar-refractivity contribution is -0.131. The van der Waals surface area contributed by atoms with E-state index in [0.29, 0.717) is 37.6 Å². The third kappa shape index (κ3) is 4.61. The number of thiazole rings is 1. The minimum Gasteiger partial charge on any atom is -0.493 e. The van der Waals surface area contributed by atoms with Crippen LogP contribution in [0.15, 0.2) is 48.0 Å². The number of imidazole rings is 1. The van der Waals surface area contributed by atoms with Crippen LogP contribution >= 0.6 is 11.3 Å². The van der Waals surface area contributed by atoms with E-state index in [4.69, 9.17) is 14.5 Å². The van der Waals surface area contributed by atoms with Crippen LogP contribution in [0.25, 0.3) is 11.2 Å². The summed E-state index contributed by atoms with van der Waals surface area (Å²) in [4.78, 5) is 28.6. The van der Waals surface area contributed by atoms with Gasteiger partial charge in [-0.1, -0.05) is 12.1 Å². The molecular formula is C25H27N5O3S. The number of para-hydroxylation sites is 2. The van der Waals surface area contributed by atoms with Crippen molar-refractivity contribution in [3.63, 3.8) is 0 Å². The molecule has 8 nitrogen and oxygen atoms in total. The molecule has 9 heteroatoms. The van der Waals surface area contributed by atoms with Gasteiger partial charge in [-0.15, -0.1) is 11.3 Å². The lowest BCUT2D eigenvalue weighted by Crippen LogP contribution is -2.40. The fourth-order valence-corrected chi connectivity index (χ4v) is 5.08. The van der Waals surface area contributed by atoms with E-state index in [0.717, 1.165) is 40.5 Å². The van der Waals surface area contributed by atoms with Crippen LogP contribution in [-0.2, 0) is 17.8 Å². The van der Waals surface area contributed by atoms with Crippen molar-refractivity contribution in [2.45, 2.75) is 38.8 Å². The number of carbonyl (C=O) groups is 1. The summed E-state index contributed by atoms with van der Waals surface area (Å²) in [6.45, 7) is 3.67. The van der Waals surface area contributed by atoms with Crippen LogP contribution in [0.1, 0.15) is 35.4 Å². The van der Waals surface area contributed by atoms with Gasteiger partial charge >= 0.3 is 0 Å². The van der Waals surface area contributed by atoms with Crippen molar-refractivity contribution >= 4 is 28.4 Å². The number of aromatic nitrogens is 4. The highest BCUT2D eigenvalue weighted by Crippen LogP contribution is 2.31. The zero-order chi connectivity index (χ0) is 23.5. The average molecular weight is 478 g/mol. The van der Waals surface area contributed by atoms with Crippen molar-refractivity contribution in [1.82, 2.24) is 24.4 Å². The number of pyridine rings is 1. The number of nitrogens with zero attached hydrogens (tertiary/aromatic N) is 5. The number of fused-ring (bicyclic) bond motifs is 1. The Kier molecular flexibility index (Phi) is 6.44. The summed E-state index contributed by atoms with van der Waals surface area (Å²) in [5, 5.41) is 2.96. The van der Waals surface area contributed by atoms with Crippen LogP contribution in [0.3, 0.4) is 0 Å². The monoisotopic (exact) mass is 477 g/mol. The van der Waals surface area contributed by atoms with Crippen LogP contribution in [0.5, 0.6) is 11.5 Å². The Labute approximate surface area is 202 Å². The van der Waals surface area contributed by atoms with E-state index in [9.17, 15) is 4.79 Å². The number of carbonyl (C=O) groups excluding carboxylic acids is 1. The molecule has 0 radical (unpaired) electrons. The van der Waals surface area contributed by atoms with Crippen LogP contribution in [0.2, 0.25) is 0 Å². The fourth-order valence-electron chi connectivity index (χ4n) is 4.47. The first kappa shape index (κ1) is 22.3. The third-order valence-electron chi connectivity index (χ3n) is 6.13. The maximum Gasteiger partial charge on any atom is 0.228 e. The van der Waals surface area contributed by atoms with E-state index in [1.54, 1.807) is 24.6 Å². The first-order valence-electron chi connectivity index (χ1n) is 11.4. The summed E-state index contributed by atoms with van der Waals surface area (Å²) in [6, 6.07) is 11.7. The van der Waals surface area contributed by atoms with E-state index in [1.807, 2.05) is 53.6 Å². The summed E-state index contributed by atoms with van der Waals surface area (Å²) in [7, 11) is 1.63.